The van der Waals surface area contributed by atoms with E-state index in [1.807, 2.05) is 31.3 Å². The normalized spacial score (nSPS) is 12.7. The molecule has 15 heavy (non-hydrogen) atoms. The van der Waals surface area contributed by atoms with Gasteiger partial charge in [0.1, 0.15) is 0 Å². The van der Waals surface area contributed by atoms with Gasteiger partial charge >= 0.3 is 0 Å². The summed E-state index contributed by atoms with van der Waals surface area (Å²) in [5, 5.41) is 3.89. The van der Waals surface area contributed by atoms with Crippen molar-refractivity contribution in [2.24, 2.45) is 0 Å². The third-order valence-corrected chi connectivity index (χ3v) is 2.41. The van der Waals surface area contributed by atoms with Crippen molar-refractivity contribution < 1.29 is 4.74 Å². The van der Waals surface area contributed by atoms with Crippen LogP contribution in [-0.4, -0.2) is 20.2 Å². The molecule has 1 aromatic carbocycles. The van der Waals surface area contributed by atoms with Crippen LogP contribution in [-0.2, 0) is 4.74 Å². The van der Waals surface area contributed by atoms with E-state index in [2.05, 4.69) is 12.2 Å². The number of rotatable bonds is 6. The lowest BCUT2D eigenvalue weighted by Gasteiger charge is -2.17. The highest BCUT2D eigenvalue weighted by Crippen LogP contribution is 2.19. The molecule has 84 valence electrons. The van der Waals surface area contributed by atoms with Gasteiger partial charge < -0.3 is 10.1 Å². The summed E-state index contributed by atoms with van der Waals surface area (Å²) < 4.78 is 5.75. The first kappa shape index (κ1) is 12.5. The average molecular weight is 228 g/mol. The van der Waals surface area contributed by atoms with E-state index in [9.17, 15) is 0 Å². The molecule has 0 bridgehead atoms. The van der Waals surface area contributed by atoms with E-state index in [-0.39, 0.29) is 6.10 Å². The second-order valence-electron chi connectivity index (χ2n) is 3.47. The minimum atomic E-state index is 0.118. The summed E-state index contributed by atoms with van der Waals surface area (Å²) in [6.45, 7) is 3.72. The fourth-order valence-electron chi connectivity index (χ4n) is 1.40. The van der Waals surface area contributed by atoms with E-state index >= 15 is 0 Å². The lowest BCUT2D eigenvalue weighted by molar-refractivity contribution is 0.0543. The first-order valence-electron chi connectivity index (χ1n) is 5.29. The smallest absolute Gasteiger partial charge is 0.0949 e. The monoisotopic (exact) mass is 227 g/mol. The summed E-state index contributed by atoms with van der Waals surface area (Å²) >= 11 is 5.84. The number of hydrogen-bond acceptors (Lipinski definition) is 2. The predicted molar refractivity (Wildman–Crippen MR) is 64.4 cm³/mol. The Bertz CT molecular complexity index is 273. The van der Waals surface area contributed by atoms with E-state index in [1.165, 1.54) is 5.56 Å². The molecule has 0 fully saturated rings. The zero-order valence-corrected chi connectivity index (χ0v) is 10.1. The van der Waals surface area contributed by atoms with E-state index in [0.29, 0.717) is 0 Å². The van der Waals surface area contributed by atoms with Crippen molar-refractivity contribution in [2.75, 3.05) is 20.2 Å². The molecule has 0 aliphatic heterocycles. The van der Waals surface area contributed by atoms with Gasteiger partial charge in [-0.25, -0.2) is 0 Å². The van der Waals surface area contributed by atoms with Gasteiger partial charge in [-0.15, -0.1) is 0 Å². The molecule has 0 spiro atoms. The summed E-state index contributed by atoms with van der Waals surface area (Å²) in [5.41, 5.74) is 1.17. The number of benzene rings is 1. The van der Waals surface area contributed by atoms with E-state index < -0.39 is 0 Å². The first-order valence-corrected chi connectivity index (χ1v) is 5.67. The topological polar surface area (TPSA) is 21.3 Å². The molecule has 1 unspecified atom stereocenters. The van der Waals surface area contributed by atoms with Gasteiger partial charge in [-0.05, 0) is 31.2 Å². The molecule has 3 heteroatoms. The van der Waals surface area contributed by atoms with E-state index in [4.69, 9.17) is 16.3 Å². The molecule has 0 aliphatic carbocycles. The van der Waals surface area contributed by atoms with Crippen molar-refractivity contribution in [1.82, 2.24) is 5.32 Å². The van der Waals surface area contributed by atoms with Crippen LogP contribution in [0, 0.1) is 0 Å². The van der Waals surface area contributed by atoms with Crippen LogP contribution >= 0.6 is 11.6 Å². The van der Waals surface area contributed by atoms with Crippen LogP contribution in [0.1, 0.15) is 25.0 Å². The summed E-state index contributed by atoms with van der Waals surface area (Å²) in [6, 6.07) is 7.82. The minimum absolute atomic E-state index is 0.118. The maximum Gasteiger partial charge on any atom is 0.0949 e. The second kappa shape index (κ2) is 6.83. The largest absolute Gasteiger partial charge is 0.372 e. The molecular weight excluding hydrogens is 210 g/mol. The summed E-state index contributed by atoms with van der Waals surface area (Å²) in [5.74, 6) is 0. The average Bonchev–Trinajstić information content (AvgIpc) is 2.25. The predicted octanol–water partition coefficient (Wildman–Crippen LogP) is 3.03. The molecule has 0 aliphatic rings. The number of likely N-dealkylation sites (N-methyl/N-ethyl adjacent to an activating group) is 1. The minimum Gasteiger partial charge on any atom is -0.372 e. The Kier molecular flexibility index (Phi) is 5.69. The summed E-state index contributed by atoms with van der Waals surface area (Å²) in [7, 11) is 1.93. The van der Waals surface area contributed by atoms with Crippen LogP contribution in [0.15, 0.2) is 24.3 Å². The number of nitrogens with one attached hydrogen (secondary N) is 1. The third kappa shape index (κ3) is 4.20. The van der Waals surface area contributed by atoms with E-state index in [0.717, 1.165) is 24.6 Å². The van der Waals surface area contributed by atoms with Gasteiger partial charge in [0.2, 0.25) is 0 Å². The maximum atomic E-state index is 5.84. The van der Waals surface area contributed by atoms with Crippen LogP contribution in [0.4, 0.5) is 0 Å². The van der Waals surface area contributed by atoms with Crippen molar-refractivity contribution in [3.63, 3.8) is 0 Å². The molecule has 0 aromatic heterocycles. The standard InChI is InChI=1S/C12H18ClNO/c1-3-8-15-12(9-14-2)10-4-6-11(13)7-5-10/h4-7,12,14H,3,8-9H2,1-2H3. The second-order valence-corrected chi connectivity index (χ2v) is 3.91. The molecule has 0 heterocycles. The molecule has 1 N–H and O–H groups in total. The van der Waals surface area contributed by atoms with Crippen molar-refractivity contribution in [2.45, 2.75) is 19.4 Å². The van der Waals surface area contributed by atoms with Crippen molar-refractivity contribution in [1.29, 1.82) is 0 Å². The third-order valence-electron chi connectivity index (χ3n) is 2.15. The zero-order chi connectivity index (χ0) is 11.1. The summed E-state index contributed by atoms with van der Waals surface area (Å²) in [4.78, 5) is 0. The van der Waals surface area contributed by atoms with Gasteiger partial charge in [0.25, 0.3) is 0 Å². The van der Waals surface area contributed by atoms with E-state index in [1.54, 1.807) is 0 Å². The fraction of sp³-hybridized carbons (Fsp3) is 0.500. The van der Waals surface area contributed by atoms with Crippen molar-refractivity contribution in [3.05, 3.63) is 34.9 Å². The van der Waals surface area contributed by atoms with Gasteiger partial charge in [0.05, 0.1) is 6.10 Å². The number of hydrogen-bond donors (Lipinski definition) is 1. The Morgan fingerprint density at radius 3 is 2.53 bits per heavy atom. The van der Waals surface area contributed by atoms with Gasteiger partial charge in [-0.2, -0.15) is 0 Å². The highest BCUT2D eigenvalue weighted by molar-refractivity contribution is 6.30. The van der Waals surface area contributed by atoms with Crippen molar-refractivity contribution >= 4 is 11.6 Å². The molecule has 0 saturated carbocycles. The maximum absolute atomic E-state index is 5.84. The first-order chi connectivity index (χ1) is 7.27. The fourth-order valence-corrected chi connectivity index (χ4v) is 1.52. The lowest BCUT2D eigenvalue weighted by atomic mass is 10.1. The Labute approximate surface area is 96.6 Å². The molecule has 1 rings (SSSR count). The van der Waals surface area contributed by atoms with Crippen LogP contribution in [0.25, 0.3) is 0 Å². The lowest BCUT2D eigenvalue weighted by Crippen LogP contribution is -2.20. The molecule has 1 atom stereocenters. The Balaban J connectivity index is 2.65. The van der Waals surface area contributed by atoms with Gasteiger partial charge in [0.15, 0.2) is 0 Å². The van der Waals surface area contributed by atoms with Gasteiger partial charge in [-0.3, -0.25) is 0 Å². The SMILES string of the molecule is CCCOC(CNC)c1ccc(Cl)cc1. The van der Waals surface area contributed by atoms with Gasteiger partial charge in [-0.1, -0.05) is 30.7 Å². The number of ether oxygens (including phenoxy) is 1. The summed E-state index contributed by atoms with van der Waals surface area (Å²) in [6.07, 6.45) is 1.15. The van der Waals surface area contributed by atoms with Crippen molar-refractivity contribution in [3.8, 4) is 0 Å². The Hall–Kier alpha value is -0.570. The highest BCUT2D eigenvalue weighted by Gasteiger charge is 2.10. The molecule has 2 nitrogen and oxygen atoms in total. The molecular formula is C12H18ClNO. The Morgan fingerprint density at radius 1 is 1.33 bits per heavy atom. The molecule has 0 saturated heterocycles. The number of halogens is 1. The Morgan fingerprint density at radius 2 is 2.00 bits per heavy atom. The van der Waals surface area contributed by atoms with Gasteiger partial charge in [0, 0.05) is 18.2 Å². The molecule has 0 amide bonds. The zero-order valence-electron chi connectivity index (χ0n) is 9.29. The highest BCUT2D eigenvalue weighted by atomic mass is 35.5. The van der Waals surface area contributed by atoms with Crippen LogP contribution in [0.3, 0.4) is 0 Å². The molecule has 1 aromatic rings. The van der Waals surface area contributed by atoms with Crippen LogP contribution in [0.2, 0.25) is 5.02 Å². The molecule has 0 radical (unpaired) electrons. The van der Waals surface area contributed by atoms with Crippen LogP contribution in [0.5, 0.6) is 0 Å². The van der Waals surface area contributed by atoms with Crippen LogP contribution < -0.4 is 5.32 Å². The quantitative estimate of drug-likeness (QED) is 0.807.